The number of aromatic nitrogens is 2. The van der Waals surface area contributed by atoms with Crippen LogP contribution in [0.1, 0.15) is 55.9 Å². The third kappa shape index (κ3) is 4.83. The molecule has 0 radical (unpaired) electrons. The summed E-state index contributed by atoms with van der Waals surface area (Å²) in [5.41, 5.74) is 1.33. The lowest BCUT2D eigenvalue weighted by molar-refractivity contribution is 0.150. The molecule has 7 nitrogen and oxygen atoms in total. The van der Waals surface area contributed by atoms with E-state index in [0.29, 0.717) is 5.92 Å². The number of likely N-dealkylation sites (tertiary alicyclic amines) is 2. The maximum absolute atomic E-state index is 5.79. The Labute approximate surface area is 173 Å². The van der Waals surface area contributed by atoms with E-state index in [2.05, 4.69) is 39.4 Å². The molecule has 2 aliphatic rings. The number of hydrogen-bond acceptors (Lipinski definition) is 4. The van der Waals surface area contributed by atoms with Crippen molar-refractivity contribution in [3.8, 4) is 0 Å². The Morgan fingerprint density at radius 3 is 2.86 bits per heavy atom. The highest BCUT2D eigenvalue weighted by Crippen LogP contribution is 2.28. The molecule has 2 aromatic heterocycles. The Bertz CT molecular complexity index is 777. The number of rotatable bonds is 6. The van der Waals surface area contributed by atoms with Gasteiger partial charge in [-0.25, -0.2) is 0 Å². The molecule has 158 valence electrons. The molecule has 2 aromatic rings. The largest absolute Gasteiger partial charge is 0.468 e. The minimum atomic E-state index is 0.218. The summed E-state index contributed by atoms with van der Waals surface area (Å²) in [6, 6.07) is 4.30. The molecule has 0 aromatic carbocycles. The number of hydrogen-bond donors (Lipinski definition) is 1. The summed E-state index contributed by atoms with van der Waals surface area (Å²) < 4.78 is 7.68. The minimum absolute atomic E-state index is 0.218. The molecular weight excluding hydrogens is 364 g/mol. The van der Waals surface area contributed by atoms with Crippen LogP contribution >= 0.6 is 0 Å². The molecule has 2 atom stereocenters. The van der Waals surface area contributed by atoms with Crippen LogP contribution in [-0.4, -0.2) is 64.8 Å². The van der Waals surface area contributed by atoms with Gasteiger partial charge in [0, 0.05) is 38.8 Å². The monoisotopic (exact) mass is 398 g/mol. The number of aryl methyl sites for hydroxylation is 1. The lowest BCUT2D eigenvalue weighted by Gasteiger charge is -2.33. The van der Waals surface area contributed by atoms with E-state index >= 15 is 0 Å². The smallest absolute Gasteiger partial charge is 0.194 e. The SMILES string of the molecule is CCNC(=NCC(c1ccco1)N1CCCCC1)N1CCC(c2cnn(C)c2)C1. The second kappa shape index (κ2) is 9.48. The molecule has 4 heterocycles. The zero-order valence-electron chi connectivity index (χ0n) is 17.8. The van der Waals surface area contributed by atoms with Crippen LogP contribution in [0.15, 0.2) is 40.2 Å². The number of guanidine groups is 1. The van der Waals surface area contributed by atoms with Crippen molar-refractivity contribution in [3.05, 3.63) is 42.1 Å². The summed E-state index contributed by atoms with van der Waals surface area (Å²) in [6.45, 7) is 8.02. The van der Waals surface area contributed by atoms with Gasteiger partial charge in [0.05, 0.1) is 25.0 Å². The van der Waals surface area contributed by atoms with Crippen molar-refractivity contribution in [1.29, 1.82) is 0 Å². The predicted octanol–water partition coefficient (Wildman–Crippen LogP) is 3.00. The standard InChI is InChI=1S/C22H34N6O/c1-3-23-22(28-12-9-18(17-28)19-14-25-26(2)16-19)24-15-20(21-8-7-13-29-21)27-10-5-4-6-11-27/h7-8,13-14,16,18,20H,3-6,9-12,15,17H2,1-2H3,(H,23,24). The molecule has 0 aliphatic carbocycles. The zero-order chi connectivity index (χ0) is 20.1. The Morgan fingerprint density at radius 1 is 1.31 bits per heavy atom. The van der Waals surface area contributed by atoms with Gasteiger partial charge in [0.25, 0.3) is 0 Å². The van der Waals surface area contributed by atoms with Crippen molar-refractivity contribution in [2.75, 3.05) is 39.3 Å². The molecule has 2 aliphatic heterocycles. The van der Waals surface area contributed by atoms with Gasteiger partial charge in [-0.3, -0.25) is 14.6 Å². The quantitative estimate of drug-likeness (QED) is 0.599. The Kier molecular flexibility index (Phi) is 6.54. The van der Waals surface area contributed by atoms with E-state index in [1.54, 1.807) is 6.26 Å². The van der Waals surface area contributed by atoms with Gasteiger partial charge in [0.15, 0.2) is 5.96 Å². The lowest BCUT2D eigenvalue weighted by atomic mass is 10.0. The normalized spacial score (nSPS) is 22.2. The highest BCUT2D eigenvalue weighted by molar-refractivity contribution is 5.80. The van der Waals surface area contributed by atoms with Gasteiger partial charge >= 0.3 is 0 Å². The topological polar surface area (TPSA) is 61.8 Å². The summed E-state index contributed by atoms with van der Waals surface area (Å²) in [7, 11) is 1.98. The fraction of sp³-hybridized carbons (Fsp3) is 0.636. The second-order valence-corrected chi connectivity index (χ2v) is 8.20. The van der Waals surface area contributed by atoms with Gasteiger partial charge in [-0.15, -0.1) is 0 Å². The van der Waals surface area contributed by atoms with E-state index < -0.39 is 0 Å². The van der Waals surface area contributed by atoms with Crippen molar-refractivity contribution >= 4 is 5.96 Å². The summed E-state index contributed by atoms with van der Waals surface area (Å²) in [5, 5.41) is 7.85. The third-order valence-corrected chi connectivity index (χ3v) is 6.14. The first-order valence-electron chi connectivity index (χ1n) is 11.0. The number of aliphatic imine (C=N–C) groups is 1. The molecule has 0 spiro atoms. The third-order valence-electron chi connectivity index (χ3n) is 6.14. The molecule has 1 N–H and O–H groups in total. The zero-order valence-corrected chi connectivity index (χ0v) is 17.8. The van der Waals surface area contributed by atoms with E-state index in [-0.39, 0.29) is 6.04 Å². The molecule has 2 saturated heterocycles. The first-order valence-corrected chi connectivity index (χ1v) is 11.0. The van der Waals surface area contributed by atoms with Crippen LogP contribution in [0, 0.1) is 0 Å². The summed E-state index contributed by atoms with van der Waals surface area (Å²) in [4.78, 5) is 10.0. The summed E-state index contributed by atoms with van der Waals surface area (Å²) >= 11 is 0. The van der Waals surface area contributed by atoms with E-state index in [1.807, 2.05) is 24.0 Å². The molecule has 29 heavy (non-hydrogen) atoms. The van der Waals surface area contributed by atoms with Crippen LogP contribution in [-0.2, 0) is 7.05 Å². The molecule has 2 fully saturated rings. The van der Waals surface area contributed by atoms with E-state index in [1.165, 1.54) is 24.8 Å². The van der Waals surface area contributed by atoms with Gasteiger partial charge in [-0.1, -0.05) is 6.42 Å². The summed E-state index contributed by atoms with van der Waals surface area (Å²) in [5.74, 6) is 2.57. The van der Waals surface area contributed by atoms with Gasteiger partial charge < -0.3 is 14.6 Å². The molecule has 4 rings (SSSR count). The number of furan rings is 1. The lowest BCUT2D eigenvalue weighted by Crippen LogP contribution is -2.41. The highest BCUT2D eigenvalue weighted by atomic mass is 16.3. The number of piperidine rings is 1. The van der Waals surface area contributed by atoms with Gasteiger partial charge in [0.2, 0.25) is 0 Å². The maximum atomic E-state index is 5.79. The van der Waals surface area contributed by atoms with Crippen LogP contribution in [0.4, 0.5) is 0 Å². The molecule has 0 amide bonds. The van der Waals surface area contributed by atoms with E-state index in [4.69, 9.17) is 9.41 Å². The van der Waals surface area contributed by atoms with Crippen molar-refractivity contribution < 1.29 is 4.42 Å². The predicted molar refractivity (Wildman–Crippen MR) is 115 cm³/mol. The van der Waals surface area contributed by atoms with Gasteiger partial charge in [0.1, 0.15) is 5.76 Å². The fourth-order valence-corrected chi connectivity index (χ4v) is 4.57. The van der Waals surface area contributed by atoms with Crippen LogP contribution in [0.2, 0.25) is 0 Å². The second-order valence-electron chi connectivity index (χ2n) is 8.20. The van der Waals surface area contributed by atoms with E-state index in [9.17, 15) is 0 Å². The van der Waals surface area contributed by atoms with Crippen molar-refractivity contribution in [2.45, 2.75) is 44.6 Å². The molecule has 0 saturated carbocycles. The van der Waals surface area contributed by atoms with Gasteiger partial charge in [-0.2, -0.15) is 5.10 Å². The fourth-order valence-electron chi connectivity index (χ4n) is 4.57. The first-order chi connectivity index (χ1) is 14.2. The molecule has 2 unspecified atom stereocenters. The van der Waals surface area contributed by atoms with E-state index in [0.717, 1.165) is 57.4 Å². The minimum Gasteiger partial charge on any atom is -0.468 e. The Hall–Kier alpha value is -2.28. The van der Waals surface area contributed by atoms with Crippen LogP contribution < -0.4 is 5.32 Å². The van der Waals surface area contributed by atoms with Crippen LogP contribution in [0.3, 0.4) is 0 Å². The first kappa shape index (κ1) is 20.0. The average Bonchev–Trinajstić information content (AvgIpc) is 3.50. The van der Waals surface area contributed by atoms with Gasteiger partial charge in [-0.05, 0) is 57.0 Å². The Balaban J connectivity index is 1.46. The van der Waals surface area contributed by atoms with Crippen LogP contribution in [0.5, 0.6) is 0 Å². The molecular formula is C22H34N6O. The summed E-state index contributed by atoms with van der Waals surface area (Å²) in [6.07, 6.45) is 10.9. The maximum Gasteiger partial charge on any atom is 0.194 e. The van der Waals surface area contributed by atoms with Crippen molar-refractivity contribution in [1.82, 2.24) is 24.9 Å². The average molecular weight is 399 g/mol. The molecule has 7 heteroatoms. The Morgan fingerprint density at radius 2 is 2.17 bits per heavy atom. The highest BCUT2D eigenvalue weighted by Gasteiger charge is 2.28. The number of nitrogens with one attached hydrogen (secondary N) is 1. The van der Waals surface area contributed by atoms with Crippen LogP contribution in [0.25, 0.3) is 0 Å². The molecule has 0 bridgehead atoms. The van der Waals surface area contributed by atoms with Crippen molar-refractivity contribution in [2.24, 2.45) is 12.0 Å². The van der Waals surface area contributed by atoms with Crippen molar-refractivity contribution in [3.63, 3.8) is 0 Å². The number of nitrogens with zero attached hydrogens (tertiary/aromatic N) is 5.